The van der Waals surface area contributed by atoms with Gasteiger partial charge >= 0.3 is 148 Å². The summed E-state index contributed by atoms with van der Waals surface area (Å²) in [5.41, 5.74) is 5.91. The number of ether oxygens (including phenoxy) is 1. The number of carbonyl (C=O) groups excluding carboxylic acids is 1. The van der Waals surface area contributed by atoms with E-state index in [9.17, 15) is 4.79 Å². The first-order valence-corrected chi connectivity index (χ1v) is 9.53. The number of nitrogens with zero attached hydrogens (tertiary/aromatic N) is 1. The fourth-order valence-corrected chi connectivity index (χ4v) is 4.40. The van der Waals surface area contributed by atoms with Gasteiger partial charge in [-0.2, -0.15) is 0 Å². The summed E-state index contributed by atoms with van der Waals surface area (Å²) < 4.78 is 10.9. The summed E-state index contributed by atoms with van der Waals surface area (Å²) in [5, 5.41) is 0. The number of rotatable bonds is 4. The maximum absolute atomic E-state index is 12.3. The third-order valence-electron chi connectivity index (χ3n) is 3.81. The van der Waals surface area contributed by atoms with Crippen molar-refractivity contribution in [2.75, 3.05) is 6.61 Å². The van der Waals surface area contributed by atoms with Crippen molar-refractivity contribution >= 4 is 20.7 Å². The molecule has 122 valence electrons. The fourth-order valence-electron chi connectivity index (χ4n) is 2.52. The summed E-state index contributed by atoms with van der Waals surface area (Å²) >= 11 is -0.127. The first-order valence-electron chi connectivity index (χ1n) is 7.91. The van der Waals surface area contributed by atoms with E-state index in [1.54, 1.807) is 0 Å². The monoisotopic (exact) mass is 385 g/mol. The van der Waals surface area contributed by atoms with Crippen LogP contribution in [0.2, 0.25) is 0 Å². The molecule has 1 heterocycles. The fraction of sp³-hybridized carbons (Fsp3) is 0.200. The van der Waals surface area contributed by atoms with Gasteiger partial charge in [-0.05, 0) is 0 Å². The molecule has 24 heavy (non-hydrogen) atoms. The Morgan fingerprint density at radius 3 is 2.04 bits per heavy atom. The Morgan fingerprint density at radius 2 is 1.50 bits per heavy atom. The number of hydrogen-bond donors (Lipinski definition) is 0. The van der Waals surface area contributed by atoms with E-state index in [4.69, 9.17) is 4.74 Å². The van der Waals surface area contributed by atoms with E-state index < -0.39 is 0 Å². The Labute approximate surface area is 148 Å². The summed E-state index contributed by atoms with van der Waals surface area (Å²) in [4.78, 5) is 12.3. The van der Waals surface area contributed by atoms with E-state index >= 15 is 0 Å². The van der Waals surface area contributed by atoms with Crippen molar-refractivity contribution < 1.29 is 9.53 Å². The summed E-state index contributed by atoms with van der Waals surface area (Å²) in [6, 6.07) is 16.6. The number of carbonyl (C=O) groups is 1. The van der Waals surface area contributed by atoms with Crippen LogP contribution in [-0.4, -0.2) is 31.3 Å². The van der Waals surface area contributed by atoms with Gasteiger partial charge in [0.05, 0.1) is 0 Å². The van der Waals surface area contributed by atoms with Crippen molar-refractivity contribution in [1.82, 2.24) is 3.98 Å². The van der Waals surface area contributed by atoms with Crippen LogP contribution in [-0.2, 0) is 4.74 Å². The summed E-state index contributed by atoms with van der Waals surface area (Å²) in [6.07, 6.45) is 0. The zero-order valence-corrected chi connectivity index (χ0v) is 15.7. The molecule has 0 atom stereocenters. The van der Waals surface area contributed by atoms with Crippen molar-refractivity contribution in [3.8, 4) is 21.1 Å². The van der Waals surface area contributed by atoms with Gasteiger partial charge in [0, 0.05) is 0 Å². The topological polar surface area (TPSA) is 39.2 Å². The first kappa shape index (κ1) is 16.7. The van der Waals surface area contributed by atoms with Crippen LogP contribution in [0, 0.1) is 13.8 Å². The summed E-state index contributed by atoms with van der Waals surface area (Å²) in [7, 11) is 0. The van der Waals surface area contributed by atoms with Gasteiger partial charge in [-0.3, -0.25) is 0 Å². The van der Waals surface area contributed by atoms with Crippen LogP contribution in [0.5, 0.6) is 0 Å². The molecular formula is C20H19NO2Se. The predicted molar refractivity (Wildman–Crippen MR) is 97.5 cm³/mol. The van der Waals surface area contributed by atoms with Crippen molar-refractivity contribution in [1.29, 1.82) is 0 Å². The first-order chi connectivity index (χ1) is 11.6. The minimum absolute atomic E-state index is 0.127. The Bertz CT molecular complexity index is 848. The SMILES string of the molecule is CCOC(=O)c1n[se]c(-c2ccc(C)cc2)c1-c1ccc(C)cc1. The van der Waals surface area contributed by atoms with Gasteiger partial charge in [0.15, 0.2) is 0 Å². The van der Waals surface area contributed by atoms with Crippen molar-refractivity contribution in [2.45, 2.75) is 20.8 Å². The summed E-state index contributed by atoms with van der Waals surface area (Å²) in [5.74, 6) is -0.336. The number of benzene rings is 2. The zero-order valence-electron chi connectivity index (χ0n) is 14.0. The van der Waals surface area contributed by atoms with Crippen molar-refractivity contribution in [3.63, 3.8) is 0 Å². The minimum atomic E-state index is -0.336. The molecule has 0 N–H and O–H groups in total. The Morgan fingerprint density at radius 1 is 0.958 bits per heavy atom. The molecule has 3 nitrogen and oxygen atoms in total. The second-order valence-corrected chi connectivity index (χ2v) is 7.31. The van der Waals surface area contributed by atoms with Crippen LogP contribution in [0.3, 0.4) is 0 Å². The van der Waals surface area contributed by atoms with Crippen molar-refractivity contribution in [2.24, 2.45) is 0 Å². The third-order valence-corrected chi connectivity index (χ3v) is 5.70. The molecule has 0 saturated heterocycles. The molecule has 3 aromatic rings. The van der Waals surface area contributed by atoms with Crippen molar-refractivity contribution in [3.05, 3.63) is 65.4 Å². The molecule has 0 aliphatic carbocycles. The van der Waals surface area contributed by atoms with Gasteiger partial charge in [0.2, 0.25) is 0 Å². The molecule has 1 aromatic heterocycles. The van der Waals surface area contributed by atoms with Gasteiger partial charge < -0.3 is 0 Å². The number of esters is 1. The molecule has 0 fully saturated rings. The van der Waals surface area contributed by atoms with Crippen LogP contribution in [0.4, 0.5) is 0 Å². The maximum atomic E-state index is 12.3. The molecule has 0 saturated carbocycles. The van der Waals surface area contributed by atoms with Crippen LogP contribution in [0.25, 0.3) is 21.1 Å². The number of hydrogen-bond acceptors (Lipinski definition) is 3. The van der Waals surface area contributed by atoms with E-state index in [-0.39, 0.29) is 20.7 Å². The molecule has 2 aromatic carbocycles. The van der Waals surface area contributed by atoms with Gasteiger partial charge in [-0.1, -0.05) is 0 Å². The molecule has 0 aliphatic heterocycles. The van der Waals surface area contributed by atoms with Crippen LogP contribution in [0.15, 0.2) is 48.5 Å². The normalized spacial score (nSPS) is 10.6. The second-order valence-electron chi connectivity index (χ2n) is 5.69. The molecule has 4 heteroatoms. The van der Waals surface area contributed by atoms with Crippen LogP contribution >= 0.6 is 0 Å². The molecule has 3 rings (SSSR count). The number of aromatic nitrogens is 1. The van der Waals surface area contributed by atoms with E-state index in [1.165, 1.54) is 11.1 Å². The predicted octanol–water partition coefficient (Wildman–Crippen LogP) is 4.27. The third kappa shape index (κ3) is 3.35. The molecule has 0 radical (unpaired) electrons. The van der Waals surface area contributed by atoms with Crippen LogP contribution in [0.1, 0.15) is 28.5 Å². The molecule has 0 unspecified atom stereocenters. The van der Waals surface area contributed by atoms with E-state index in [1.807, 2.05) is 6.92 Å². The average molecular weight is 384 g/mol. The van der Waals surface area contributed by atoms with Gasteiger partial charge in [0.25, 0.3) is 0 Å². The molecule has 0 bridgehead atoms. The Hall–Kier alpha value is -2.16. The molecular weight excluding hydrogens is 365 g/mol. The number of aryl methyl sites for hydroxylation is 2. The van der Waals surface area contributed by atoms with Crippen LogP contribution < -0.4 is 0 Å². The Kier molecular flexibility index (Phi) is 4.98. The van der Waals surface area contributed by atoms with Gasteiger partial charge in [0.1, 0.15) is 0 Å². The van der Waals surface area contributed by atoms with E-state index in [2.05, 4.69) is 66.4 Å². The standard InChI is InChI=1S/C20H19NO2Se/c1-4-23-20(22)18-17(15-9-5-13(2)6-10-15)19(24-21-18)16-11-7-14(3)8-12-16/h5-12H,4H2,1-3H3. The van der Waals surface area contributed by atoms with Gasteiger partial charge in [-0.15, -0.1) is 0 Å². The van der Waals surface area contributed by atoms with E-state index in [0.29, 0.717) is 12.3 Å². The average Bonchev–Trinajstić information content (AvgIpc) is 3.01. The zero-order chi connectivity index (χ0) is 17.1. The quantitative estimate of drug-likeness (QED) is 0.498. The Balaban J connectivity index is 2.17. The summed E-state index contributed by atoms with van der Waals surface area (Å²) in [6.45, 7) is 6.29. The van der Waals surface area contributed by atoms with Gasteiger partial charge in [-0.25, -0.2) is 0 Å². The van der Waals surface area contributed by atoms with E-state index in [0.717, 1.165) is 21.1 Å². The molecule has 0 spiro atoms. The molecule has 0 amide bonds. The molecule has 0 aliphatic rings. The second kappa shape index (κ2) is 7.16.